The average Bonchev–Trinajstić information content (AvgIpc) is 2.42. The molecule has 0 radical (unpaired) electrons. The molecule has 0 atom stereocenters. The summed E-state index contributed by atoms with van der Waals surface area (Å²) in [6, 6.07) is 11.3. The lowest BCUT2D eigenvalue weighted by Gasteiger charge is -2.11. The summed E-state index contributed by atoms with van der Waals surface area (Å²) < 4.78 is 27.7. The van der Waals surface area contributed by atoms with Crippen molar-refractivity contribution in [2.75, 3.05) is 17.0 Å². The molecule has 0 bridgehead atoms. The van der Waals surface area contributed by atoms with Crippen molar-refractivity contribution in [2.45, 2.75) is 12.8 Å². The van der Waals surface area contributed by atoms with Gasteiger partial charge in [0.2, 0.25) is 10.0 Å². The highest BCUT2D eigenvalue weighted by molar-refractivity contribution is 9.10. The van der Waals surface area contributed by atoms with Gasteiger partial charge in [0.15, 0.2) is 0 Å². The minimum atomic E-state index is -3.33. The minimum absolute atomic E-state index is 0.0919. The highest BCUT2D eigenvalue weighted by Crippen LogP contribution is 2.30. The maximum Gasteiger partial charge on any atom is 0.232 e. The molecule has 0 unspecified atom stereocenters. The van der Waals surface area contributed by atoms with Crippen molar-refractivity contribution in [1.29, 1.82) is 0 Å². The fourth-order valence-electron chi connectivity index (χ4n) is 2.01. The summed E-state index contributed by atoms with van der Waals surface area (Å²) in [5.74, 6) is 0.0919. The van der Waals surface area contributed by atoms with Crippen LogP contribution in [0.25, 0.3) is 10.8 Å². The van der Waals surface area contributed by atoms with Gasteiger partial charge in [-0.1, -0.05) is 40.2 Å². The fraction of sp³-hybridized carbons (Fsp3) is 0.286. The molecule has 6 heteroatoms. The van der Waals surface area contributed by atoms with Crippen LogP contribution in [0.5, 0.6) is 0 Å². The molecule has 0 aromatic heterocycles. The number of hydrogen-bond acceptors (Lipinski definition) is 3. The summed E-state index contributed by atoms with van der Waals surface area (Å²) in [4.78, 5) is 0. The molecule has 0 spiro atoms. The van der Waals surface area contributed by atoms with Gasteiger partial charge in [-0.15, -0.1) is 0 Å². The molecule has 3 N–H and O–H groups in total. The molecular formula is C14H17BrN2O2S. The Morgan fingerprint density at radius 3 is 2.45 bits per heavy atom. The maximum atomic E-state index is 12.0. The molecule has 2 aromatic carbocycles. The molecule has 0 aliphatic carbocycles. The summed E-state index contributed by atoms with van der Waals surface area (Å²) in [7, 11) is -3.33. The highest BCUT2D eigenvalue weighted by atomic mass is 79.9. The number of rotatable bonds is 6. The monoisotopic (exact) mass is 356 g/mol. The zero-order valence-electron chi connectivity index (χ0n) is 11.0. The van der Waals surface area contributed by atoms with Gasteiger partial charge in [-0.2, -0.15) is 0 Å². The van der Waals surface area contributed by atoms with Crippen LogP contribution in [0.4, 0.5) is 5.69 Å². The van der Waals surface area contributed by atoms with Crippen molar-refractivity contribution in [3.05, 3.63) is 40.9 Å². The van der Waals surface area contributed by atoms with Crippen molar-refractivity contribution in [3.63, 3.8) is 0 Å². The lowest BCUT2D eigenvalue weighted by molar-refractivity contribution is 0.597. The lowest BCUT2D eigenvalue weighted by atomic mass is 10.1. The molecule has 0 aliphatic rings. The molecule has 20 heavy (non-hydrogen) atoms. The molecule has 0 saturated carbocycles. The number of sulfonamides is 1. The van der Waals surface area contributed by atoms with E-state index >= 15 is 0 Å². The predicted octanol–water partition coefficient (Wildman–Crippen LogP) is 3.08. The van der Waals surface area contributed by atoms with Gasteiger partial charge in [0.25, 0.3) is 0 Å². The first-order valence-corrected chi connectivity index (χ1v) is 8.86. The second-order valence-corrected chi connectivity index (χ2v) is 7.25. The van der Waals surface area contributed by atoms with Crippen molar-refractivity contribution >= 4 is 42.4 Å². The summed E-state index contributed by atoms with van der Waals surface area (Å²) in [6.45, 7) is 0.511. The van der Waals surface area contributed by atoms with Gasteiger partial charge < -0.3 is 5.73 Å². The number of halogens is 1. The SMILES string of the molecule is NCCCCS(=O)(=O)Nc1ccc(Br)c2ccccc12. The molecule has 2 rings (SSSR count). The molecule has 4 nitrogen and oxygen atoms in total. The van der Waals surface area contributed by atoms with Gasteiger partial charge in [-0.05, 0) is 36.9 Å². The third-order valence-electron chi connectivity index (χ3n) is 3.00. The van der Waals surface area contributed by atoms with Gasteiger partial charge in [0.05, 0.1) is 11.4 Å². The Bertz CT molecular complexity index is 701. The van der Waals surface area contributed by atoms with E-state index in [1.54, 1.807) is 6.07 Å². The van der Waals surface area contributed by atoms with Crippen molar-refractivity contribution in [3.8, 4) is 0 Å². The largest absolute Gasteiger partial charge is 0.330 e. The standard InChI is InChI=1S/C14H17BrN2O2S/c15-13-7-8-14(12-6-2-1-5-11(12)13)17-20(18,19)10-4-3-9-16/h1-2,5-8,17H,3-4,9-10,16H2. The van der Waals surface area contributed by atoms with Crippen LogP contribution in [0.3, 0.4) is 0 Å². The Labute approximate surface area is 127 Å². The van der Waals surface area contributed by atoms with Crippen molar-refractivity contribution < 1.29 is 8.42 Å². The molecule has 108 valence electrons. The van der Waals surface area contributed by atoms with Gasteiger partial charge in [0.1, 0.15) is 0 Å². The van der Waals surface area contributed by atoms with Gasteiger partial charge in [0, 0.05) is 9.86 Å². The van der Waals surface area contributed by atoms with E-state index in [0.717, 1.165) is 15.2 Å². The first kappa shape index (κ1) is 15.3. The lowest BCUT2D eigenvalue weighted by Crippen LogP contribution is -2.17. The smallest absolute Gasteiger partial charge is 0.232 e. The minimum Gasteiger partial charge on any atom is -0.330 e. The van der Waals surface area contributed by atoms with E-state index < -0.39 is 10.0 Å². The molecule has 0 fully saturated rings. The Hall–Kier alpha value is -1.11. The summed E-state index contributed by atoms with van der Waals surface area (Å²) in [5.41, 5.74) is 5.99. The van der Waals surface area contributed by atoms with E-state index in [-0.39, 0.29) is 5.75 Å². The predicted molar refractivity (Wildman–Crippen MR) is 87.3 cm³/mol. The van der Waals surface area contributed by atoms with Crippen LogP contribution in [0.1, 0.15) is 12.8 Å². The Balaban J connectivity index is 2.28. The number of anilines is 1. The van der Waals surface area contributed by atoms with E-state index in [1.165, 1.54) is 0 Å². The Kier molecular flexibility index (Phi) is 5.01. The van der Waals surface area contributed by atoms with E-state index in [4.69, 9.17) is 5.73 Å². The Morgan fingerprint density at radius 2 is 1.75 bits per heavy atom. The topological polar surface area (TPSA) is 72.2 Å². The van der Waals surface area contributed by atoms with Crippen LogP contribution < -0.4 is 10.5 Å². The Morgan fingerprint density at radius 1 is 1.05 bits per heavy atom. The van der Waals surface area contributed by atoms with E-state index in [0.29, 0.717) is 25.1 Å². The van der Waals surface area contributed by atoms with Crippen LogP contribution in [-0.4, -0.2) is 20.7 Å². The number of benzene rings is 2. The highest BCUT2D eigenvalue weighted by Gasteiger charge is 2.12. The number of hydrogen-bond donors (Lipinski definition) is 2. The first-order valence-electron chi connectivity index (χ1n) is 6.41. The molecule has 2 aromatic rings. The molecule has 0 saturated heterocycles. The van der Waals surface area contributed by atoms with E-state index in [9.17, 15) is 8.42 Å². The zero-order valence-corrected chi connectivity index (χ0v) is 13.4. The molecule has 0 heterocycles. The van der Waals surface area contributed by atoms with Crippen molar-refractivity contribution in [2.24, 2.45) is 5.73 Å². The summed E-state index contributed by atoms with van der Waals surface area (Å²) in [5, 5.41) is 1.86. The molecule has 0 aliphatic heterocycles. The van der Waals surface area contributed by atoms with Gasteiger partial charge in [-0.3, -0.25) is 4.72 Å². The van der Waals surface area contributed by atoms with E-state index in [2.05, 4.69) is 20.7 Å². The quantitative estimate of drug-likeness (QED) is 0.781. The molecule has 0 amide bonds. The molecular weight excluding hydrogens is 340 g/mol. The van der Waals surface area contributed by atoms with Crippen LogP contribution in [0, 0.1) is 0 Å². The number of nitrogens with two attached hydrogens (primary N) is 1. The van der Waals surface area contributed by atoms with E-state index in [1.807, 2.05) is 30.3 Å². The van der Waals surface area contributed by atoms with Crippen LogP contribution in [-0.2, 0) is 10.0 Å². The van der Waals surface area contributed by atoms with Crippen LogP contribution in [0.2, 0.25) is 0 Å². The average molecular weight is 357 g/mol. The second kappa shape index (κ2) is 6.56. The zero-order chi connectivity index (χ0) is 14.6. The second-order valence-electron chi connectivity index (χ2n) is 4.56. The van der Waals surface area contributed by atoms with Gasteiger partial charge in [-0.25, -0.2) is 8.42 Å². The fourth-order valence-corrected chi connectivity index (χ4v) is 3.68. The van der Waals surface area contributed by atoms with Crippen LogP contribution in [0.15, 0.2) is 40.9 Å². The number of nitrogens with one attached hydrogen (secondary N) is 1. The third kappa shape index (κ3) is 3.71. The maximum absolute atomic E-state index is 12.0. The van der Waals surface area contributed by atoms with Gasteiger partial charge >= 0.3 is 0 Å². The first-order chi connectivity index (χ1) is 9.53. The normalized spacial score (nSPS) is 11.7. The summed E-state index contributed by atoms with van der Waals surface area (Å²) >= 11 is 3.47. The summed E-state index contributed by atoms with van der Waals surface area (Å²) in [6.07, 6.45) is 1.28. The third-order valence-corrected chi connectivity index (χ3v) is 5.05. The van der Waals surface area contributed by atoms with Crippen LogP contribution >= 0.6 is 15.9 Å². The number of fused-ring (bicyclic) bond motifs is 1. The number of unbranched alkanes of at least 4 members (excludes halogenated alkanes) is 1. The van der Waals surface area contributed by atoms with Crippen molar-refractivity contribution in [1.82, 2.24) is 0 Å².